The lowest BCUT2D eigenvalue weighted by atomic mass is 9.97. The third kappa shape index (κ3) is 2.56. The van der Waals surface area contributed by atoms with Crippen molar-refractivity contribution in [2.45, 2.75) is 38.4 Å². The molecule has 0 radical (unpaired) electrons. The van der Waals surface area contributed by atoms with Crippen LogP contribution in [-0.4, -0.2) is 14.6 Å². The van der Waals surface area contributed by atoms with Gasteiger partial charge in [0.25, 0.3) is 0 Å². The zero-order valence-electron chi connectivity index (χ0n) is 10.7. The Hall–Kier alpha value is -1.63. The molecule has 0 aromatic carbocycles. The topological polar surface area (TPSA) is 56.2 Å². The highest BCUT2D eigenvalue weighted by Gasteiger charge is 2.32. The average molecular weight is 272 g/mol. The number of nitrogens with two attached hydrogens (primary N) is 1. The molecule has 0 aliphatic heterocycles. The van der Waals surface area contributed by atoms with Crippen molar-refractivity contribution in [1.82, 2.24) is 14.6 Å². The van der Waals surface area contributed by atoms with Gasteiger partial charge in [-0.15, -0.1) is 10.2 Å². The lowest BCUT2D eigenvalue weighted by Gasteiger charge is -2.22. The third-order valence-corrected chi connectivity index (χ3v) is 3.01. The molecule has 4 nitrogen and oxygen atoms in total. The van der Waals surface area contributed by atoms with E-state index in [2.05, 4.69) is 10.2 Å². The van der Waals surface area contributed by atoms with Crippen molar-refractivity contribution in [2.24, 2.45) is 5.73 Å². The van der Waals surface area contributed by atoms with Gasteiger partial charge in [0.1, 0.15) is 0 Å². The van der Waals surface area contributed by atoms with Crippen LogP contribution >= 0.6 is 0 Å². The molecule has 19 heavy (non-hydrogen) atoms. The van der Waals surface area contributed by atoms with E-state index in [-0.39, 0.29) is 0 Å². The quantitative estimate of drug-likeness (QED) is 0.934. The number of nitrogens with zero attached hydrogens (tertiary/aromatic N) is 3. The van der Waals surface area contributed by atoms with Crippen molar-refractivity contribution >= 4 is 5.65 Å². The number of rotatable bonds is 3. The van der Waals surface area contributed by atoms with Gasteiger partial charge in [-0.25, -0.2) is 0 Å². The van der Waals surface area contributed by atoms with Crippen LogP contribution in [0.5, 0.6) is 0 Å². The molecule has 0 saturated heterocycles. The summed E-state index contributed by atoms with van der Waals surface area (Å²) in [4.78, 5) is 0. The SMILES string of the molecule is CCCC(C)(N)c1nnc2ccc(C(F)(F)F)cn12. The molecule has 2 rings (SSSR count). The maximum Gasteiger partial charge on any atom is 0.417 e. The van der Waals surface area contributed by atoms with E-state index in [1.54, 1.807) is 6.92 Å². The number of fused-ring (bicyclic) bond motifs is 1. The van der Waals surface area contributed by atoms with Crippen LogP contribution in [0.15, 0.2) is 18.3 Å². The smallest absolute Gasteiger partial charge is 0.319 e. The minimum atomic E-state index is -4.40. The third-order valence-electron chi connectivity index (χ3n) is 3.01. The molecule has 2 N–H and O–H groups in total. The van der Waals surface area contributed by atoms with E-state index in [1.165, 1.54) is 10.5 Å². The number of hydrogen-bond donors (Lipinski definition) is 1. The van der Waals surface area contributed by atoms with Crippen LogP contribution < -0.4 is 5.73 Å². The van der Waals surface area contributed by atoms with E-state index in [1.807, 2.05) is 6.92 Å². The first kappa shape index (κ1) is 13.8. The minimum absolute atomic E-state index is 0.343. The molecule has 1 unspecified atom stereocenters. The highest BCUT2D eigenvalue weighted by Crippen LogP contribution is 2.30. The molecule has 7 heteroatoms. The van der Waals surface area contributed by atoms with Gasteiger partial charge in [0, 0.05) is 6.20 Å². The van der Waals surface area contributed by atoms with Crippen molar-refractivity contribution < 1.29 is 13.2 Å². The fourth-order valence-electron chi connectivity index (χ4n) is 2.08. The Bertz CT molecular complexity index is 586. The summed E-state index contributed by atoms with van der Waals surface area (Å²) in [5, 5.41) is 7.79. The standard InChI is InChI=1S/C12H15F3N4/c1-3-6-11(2,16)10-18-17-9-5-4-8(7-19(9)10)12(13,14)15/h4-5,7H,3,6,16H2,1-2H3. The molecule has 0 spiro atoms. The second kappa shape index (κ2) is 4.48. The maximum atomic E-state index is 12.7. The number of alkyl halides is 3. The molecule has 1 atom stereocenters. The average Bonchev–Trinajstić information content (AvgIpc) is 2.70. The number of halogens is 3. The van der Waals surface area contributed by atoms with Gasteiger partial charge in [0.05, 0.1) is 11.1 Å². The molecule has 0 amide bonds. The fraction of sp³-hybridized carbons (Fsp3) is 0.500. The van der Waals surface area contributed by atoms with Gasteiger partial charge in [-0.3, -0.25) is 4.40 Å². The van der Waals surface area contributed by atoms with Crippen LogP contribution in [0.1, 0.15) is 38.1 Å². The van der Waals surface area contributed by atoms with Crippen LogP contribution in [0.25, 0.3) is 5.65 Å². The van der Waals surface area contributed by atoms with Gasteiger partial charge in [0.15, 0.2) is 11.5 Å². The van der Waals surface area contributed by atoms with E-state index >= 15 is 0 Å². The largest absolute Gasteiger partial charge is 0.417 e. The van der Waals surface area contributed by atoms with Crippen LogP contribution in [0.4, 0.5) is 13.2 Å². The summed E-state index contributed by atoms with van der Waals surface area (Å²) < 4.78 is 39.5. The second-order valence-electron chi connectivity index (χ2n) is 4.83. The highest BCUT2D eigenvalue weighted by atomic mass is 19.4. The Balaban J connectivity index is 2.58. The molecule has 0 bridgehead atoms. The Morgan fingerprint density at radius 2 is 1.95 bits per heavy atom. The molecule has 0 saturated carbocycles. The van der Waals surface area contributed by atoms with Crippen LogP contribution in [0.3, 0.4) is 0 Å². The molecule has 2 aromatic rings. The zero-order valence-corrected chi connectivity index (χ0v) is 10.7. The summed E-state index contributed by atoms with van der Waals surface area (Å²) in [5.41, 5.74) is 4.92. The van der Waals surface area contributed by atoms with Crippen molar-refractivity contribution in [3.63, 3.8) is 0 Å². The monoisotopic (exact) mass is 272 g/mol. The van der Waals surface area contributed by atoms with Gasteiger partial charge < -0.3 is 5.73 Å². The normalized spacial score (nSPS) is 15.7. The van der Waals surface area contributed by atoms with Crippen LogP contribution in [-0.2, 0) is 11.7 Å². The molecular formula is C12H15F3N4. The molecule has 2 heterocycles. The van der Waals surface area contributed by atoms with Gasteiger partial charge in [-0.05, 0) is 25.5 Å². The molecule has 0 aliphatic rings. The van der Waals surface area contributed by atoms with Crippen molar-refractivity contribution in [3.05, 3.63) is 29.7 Å². The van der Waals surface area contributed by atoms with E-state index in [0.29, 0.717) is 17.9 Å². The highest BCUT2D eigenvalue weighted by molar-refractivity contribution is 5.41. The summed E-state index contributed by atoms with van der Waals surface area (Å²) in [6.07, 6.45) is -1.98. The van der Waals surface area contributed by atoms with E-state index in [4.69, 9.17) is 5.73 Å². The van der Waals surface area contributed by atoms with Gasteiger partial charge in [-0.2, -0.15) is 13.2 Å². The minimum Gasteiger partial charge on any atom is -0.319 e. The number of hydrogen-bond acceptors (Lipinski definition) is 3. The summed E-state index contributed by atoms with van der Waals surface area (Å²) in [6.45, 7) is 3.70. The molecule has 2 aromatic heterocycles. The summed E-state index contributed by atoms with van der Waals surface area (Å²) in [5.74, 6) is 0.343. The zero-order chi connectivity index (χ0) is 14.3. The first-order chi connectivity index (χ1) is 8.75. The van der Waals surface area contributed by atoms with E-state index < -0.39 is 17.3 Å². The van der Waals surface area contributed by atoms with E-state index in [9.17, 15) is 13.2 Å². The lowest BCUT2D eigenvalue weighted by molar-refractivity contribution is -0.137. The Labute approximate surface area is 108 Å². The Morgan fingerprint density at radius 3 is 2.53 bits per heavy atom. The second-order valence-corrected chi connectivity index (χ2v) is 4.83. The summed E-state index contributed by atoms with van der Waals surface area (Å²) in [6, 6.07) is 2.28. The van der Waals surface area contributed by atoms with Crippen LogP contribution in [0.2, 0.25) is 0 Å². The summed E-state index contributed by atoms with van der Waals surface area (Å²) >= 11 is 0. The Kier molecular flexibility index (Phi) is 3.25. The predicted molar refractivity (Wildman–Crippen MR) is 64.4 cm³/mol. The summed E-state index contributed by atoms with van der Waals surface area (Å²) in [7, 11) is 0. The first-order valence-corrected chi connectivity index (χ1v) is 5.97. The maximum absolute atomic E-state index is 12.7. The van der Waals surface area contributed by atoms with Gasteiger partial charge >= 0.3 is 6.18 Å². The lowest BCUT2D eigenvalue weighted by Crippen LogP contribution is -2.35. The molecular weight excluding hydrogens is 257 g/mol. The van der Waals surface area contributed by atoms with Crippen molar-refractivity contribution in [3.8, 4) is 0 Å². The number of pyridine rings is 1. The molecule has 0 aliphatic carbocycles. The van der Waals surface area contributed by atoms with Crippen LogP contribution in [0, 0.1) is 0 Å². The Morgan fingerprint density at radius 1 is 1.26 bits per heavy atom. The predicted octanol–water partition coefficient (Wildman–Crippen LogP) is 2.72. The van der Waals surface area contributed by atoms with Gasteiger partial charge in [-0.1, -0.05) is 13.3 Å². The van der Waals surface area contributed by atoms with Gasteiger partial charge in [0.2, 0.25) is 0 Å². The number of aromatic nitrogens is 3. The van der Waals surface area contributed by atoms with Crippen molar-refractivity contribution in [2.75, 3.05) is 0 Å². The fourth-order valence-corrected chi connectivity index (χ4v) is 2.08. The first-order valence-electron chi connectivity index (χ1n) is 5.97. The molecule has 104 valence electrons. The van der Waals surface area contributed by atoms with Crippen molar-refractivity contribution in [1.29, 1.82) is 0 Å². The van der Waals surface area contributed by atoms with E-state index in [0.717, 1.165) is 18.7 Å². The molecule has 0 fully saturated rings.